The van der Waals surface area contributed by atoms with Gasteiger partial charge in [0.1, 0.15) is 0 Å². The summed E-state index contributed by atoms with van der Waals surface area (Å²) in [5.41, 5.74) is 2.27. The Balaban J connectivity index is 1.99. The van der Waals surface area contributed by atoms with Crippen molar-refractivity contribution in [1.29, 1.82) is 0 Å². The van der Waals surface area contributed by atoms with Gasteiger partial charge in [0.2, 0.25) is 0 Å². The van der Waals surface area contributed by atoms with Gasteiger partial charge >= 0.3 is 0 Å². The number of hydrogen-bond donors (Lipinski definition) is 1. The molecule has 2 aromatic rings. The molecular weight excluding hydrogens is 224 g/mol. The molecule has 94 valence electrons. The molecule has 0 amide bonds. The van der Waals surface area contributed by atoms with E-state index in [-0.39, 0.29) is 6.04 Å². The molecule has 18 heavy (non-hydrogen) atoms. The van der Waals surface area contributed by atoms with Crippen molar-refractivity contribution in [3.63, 3.8) is 0 Å². The molecule has 1 unspecified atom stereocenters. The summed E-state index contributed by atoms with van der Waals surface area (Å²) < 4.78 is 5.26. The molecule has 1 aromatic heterocycles. The van der Waals surface area contributed by atoms with Crippen molar-refractivity contribution in [1.82, 2.24) is 10.3 Å². The van der Waals surface area contributed by atoms with Gasteiger partial charge in [0.25, 0.3) is 0 Å². The van der Waals surface area contributed by atoms with Gasteiger partial charge in [-0.05, 0) is 17.7 Å². The Kier molecular flexibility index (Phi) is 4.88. The number of nitrogens with zero attached hydrogens (tertiary/aromatic N) is 1. The van der Waals surface area contributed by atoms with Crippen LogP contribution in [0.1, 0.15) is 17.3 Å². The van der Waals surface area contributed by atoms with E-state index in [2.05, 4.69) is 22.4 Å². The molecule has 0 aliphatic rings. The fraction of sp³-hybridized carbons (Fsp3) is 0.267. The smallest absolute Gasteiger partial charge is 0.0657 e. The van der Waals surface area contributed by atoms with Crippen LogP contribution in [0.15, 0.2) is 54.7 Å². The minimum atomic E-state index is 0.193. The Morgan fingerprint density at radius 1 is 1.11 bits per heavy atom. The molecule has 0 bridgehead atoms. The lowest BCUT2D eigenvalue weighted by Crippen LogP contribution is -2.25. The lowest BCUT2D eigenvalue weighted by atomic mass is 10.1. The summed E-state index contributed by atoms with van der Waals surface area (Å²) in [5, 5.41) is 3.47. The third-order valence-electron chi connectivity index (χ3n) is 2.79. The first-order valence-corrected chi connectivity index (χ1v) is 6.07. The van der Waals surface area contributed by atoms with E-state index in [9.17, 15) is 0 Å². The first-order valence-electron chi connectivity index (χ1n) is 6.07. The fourth-order valence-corrected chi connectivity index (χ4v) is 1.86. The molecule has 1 atom stereocenters. The third kappa shape index (κ3) is 3.65. The van der Waals surface area contributed by atoms with Crippen molar-refractivity contribution in [2.45, 2.75) is 12.6 Å². The van der Waals surface area contributed by atoms with Gasteiger partial charge in [0.05, 0.1) is 18.3 Å². The topological polar surface area (TPSA) is 34.1 Å². The van der Waals surface area contributed by atoms with Crippen LogP contribution < -0.4 is 5.32 Å². The van der Waals surface area contributed by atoms with E-state index in [1.54, 1.807) is 7.11 Å². The zero-order valence-corrected chi connectivity index (χ0v) is 10.5. The summed E-state index contributed by atoms with van der Waals surface area (Å²) in [6.07, 6.45) is 1.81. The van der Waals surface area contributed by atoms with E-state index >= 15 is 0 Å². The maximum atomic E-state index is 5.26. The number of ether oxygens (including phenoxy) is 1. The van der Waals surface area contributed by atoms with Crippen molar-refractivity contribution < 1.29 is 4.74 Å². The minimum absolute atomic E-state index is 0.193. The highest BCUT2D eigenvalue weighted by atomic mass is 16.5. The van der Waals surface area contributed by atoms with Crippen molar-refractivity contribution in [3.05, 3.63) is 66.0 Å². The van der Waals surface area contributed by atoms with E-state index < -0.39 is 0 Å². The van der Waals surface area contributed by atoms with Crippen molar-refractivity contribution in [2.24, 2.45) is 0 Å². The molecule has 0 spiro atoms. The maximum Gasteiger partial charge on any atom is 0.0657 e. The van der Waals surface area contributed by atoms with Crippen molar-refractivity contribution in [2.75, 3.05) is 13.7 Å². The number of rotatable bonds is 6. The number of benzene rings is 1. The van der Waals surface area contributed by atoms with E-state index in [0.717, 1.165) is 12.2 Å². The van der Waals surface area contributed by atoms with E-state index in [1.165, 1.54) is 5.56 Å². The zero-order valence-electron chi connectivity index (χ0n) is 10.5. The second kappa shape index (κ2) is 6.89. The SMILES string of the molecule is COCC(NCc1ccccn1)c1ccccc1. The summed E-state index contributed by atoms with van der Waals surface area (Å²) in [4.78, 5) is 4.30. The molecule has 1 N–H and O–H groups in total. The van der Waals surface area contributed by atoms with Gasteiger partial charge in [-0.25, -0.2) is 0 Å². The first kappa shape index (κ1) is 12.7. The normalized spacial score (nSPS) is 12.3. The van der Waals surface area contributed by atoms with Gasteiger partial charge in [-0.3, -0.25) is 4.98 Å². The lowest BCUT2D eigenvalue weighted by Gasteiger charge is -2.18. The molecule has 0 aliphatic carbocycles. The standard InChI is InChI=1S/C15H18N2O/c1-18-12-15(13-7-3-2-4-8-13)17-11-14-9-5-6-10-16-14/h2-10,15,17H,11-12H2,1H3. The molecule has 1 aromatic carbocycles. The second-order valence-electron chi connectivity index (χ2n) is 4.12. The number of hydrogen-bond acceptors (Lipinski definition) is 3. The van der Waals surface area contributed by atoms with Gasteiger partial charge in [-0.15, -0.1) is 0 Å². The van der Waals surface area contributed by atoms with Crippen LogP contribution in [0.5, 0.6) is 0 Å². The van der Waals surface area contributed by atoms with Crippen LogP contribution >= 0.6 is 0 Å². The van der Waals surface area contributed by atoms with Gasteiger partial charge in [-0.1, -0.05) is 36.4 Å². The molecule has 3 heteroatoms. The van der Waals surface area contributed by atoms with E-state index in [1.807, 2.05) is 42.6 Å². The molecule has 0 saturated carbocycles. The molecule has 2 rings (SSSR count). The van der Waals surface area contributed by atoms with E-state index in [4.69, 9.17) is 4.74 Å². The fourth-order valence-electron chi connectivity index (χ4n) is 1.86. The Bertz CT molecular complexity index is 445. The Hall–Kier alpha value is -1.71. The number of pyridine rings is 1. The number of aromatic nitrogens is 1. The summed E-state index contributed by atoms with van der Waals surface area (Å²) in [6.45, 7) is 1.39. The Morgan fingerprint density at radius 3 is 2.56 bits per heavy atom. The van der Waals surface area contributed by atoms with Crippen LogP contribution in [0.3, 0.4) is 0 Å². The summed E-state index contributed by atoms with van der Waals surface area (Å²) in [5.74, 6) is 0. The molecule has 0 fully saturated rings. The van der Waals surface area contributed by atoms with Gasteiger partial charge < -0.3 is 10.1 Å². The summed E-state index contributed by atoms with van der Waals surface area (Å²) in [6, 6.07) is 16.4. The van der Waals surface area contributed by atoms with Crippen LogP contribution in [0.2, 0.25) is 0 Å². The highest BCUT2D eigenvalue weighted by molar-refractivity contribution is 5.19. The molecule has 3 nitrogen and oxygen atoms in total. The van der Waals surface area contributed by atoms with Crippen LogP contribution in [-0.4, -0.2) is 18.7 Å². The van der Waals surface area contributed by atoms with Crippen molar-refractivity contribution in [3.8, 4) is 0 Å². The zero-order chi connectivity index (χ0) is 12.6. The highest BCUT2D eigenvalue weighted by Crippen LogP contribution is 2.13. The first-order chi connectivity index (χ1) is 8.90. The number of methoxy groups -OCH3 is 1. The predicted molar refractivity (Wildman–Crippen MR) is 72.1 cm³/mol. The molecule has 0 radical (unpaired) electrons. The molecule has 0 aliphatic heterocycles. The second-order valence-corrected chi connectivity index (χ2v) is 4.12. The van der Waals surface area contributed by atoms with Crippen molar-refractivity contribution >= 4 is 0 Å². The van der Waals surface area contributed by atoms with Crippen LogP contribution in [0, 0.1) is 0 Å². The monoisotopic (exact) mass is 242 g/mol. The largest absolute Gasteiger partial charge is 0.383 e. The van der Waals surface area contributed by atoms with Gasteiger partial charge in [-0.2, -0.15) is 0 Å². The van der Waals surface area contributed by atoms with Crippen LogP contribution in [-0.2, 0) is 11.3 Å². The third-order valence-corrected chi connectivity index (χ3v) is 2.79. The highest BCUT2D eigenvalue weighted by Gasteiger charge is 2.10. The number of nitrogens with one attached hydrogen (secondary N) is 1. The Labute approximate surface area is 108 Å². The Morgan fingerprint density at radius 2 is 1.89 bits per heavy atom. The van der Waals surface area contributed by atoms with E-state index in [0.29, 0.717) is 6.61 Å². The minimum Gasteiger partial charge on any atom is -0.383 e. The van der Waals surface area contributed by atoms with Gasteiger partial charge in [0, 0.05) is 19.9 Å². The summed E-state index contributed by atoms with van der Waals surface area (Å²) >= 11 is 0. The van der Waals surface area contributed by atoms with Crippen LogP contribution in [0.25, 0.3) is 0 Å². The van der Waals surface area contributed by atoms with Gasteiger partial charge in [0.15, 0.2) is 0 Å². The molecular formula is C15H18N2O. The summed E-state index contributed by atoms with van der Waals surface area (Å²) in [7, 11) is 1.72. The quantitative estimate of drug-likeness (QED) is 0.845. The lowest BCUT2D eigenvalue weighted by molar-refractivity contribution is 0.166. The van der Waals surface area contributed by atoms with Crippen LogP contribution in [0.4, 0.5) is 0 Å². The average Bonchev–Trinajstić information content (AvgIpc) is 2.45. The maximum absolute atomic E-state index is 5.26. The predicted octanol–water partition coefficient (Wildman–Crippen LogP) is 2.56. The average molecular weight is 242 g/mol. The molecule has 1 heterocycles. The molecule has 0 saturated heterocycles.